The summed E-state index contributed by atoms with van der Waals surface area (Å²) in [5.74, 6) is 0.892. The second kappa shape index (κ2) is 6.82. The Labute approximate surface area is 95.6 Å². The fraction of sp³-hybridized carbons (Fsp3) is 0.500. The molecular formula is C12H17NO3. The summed E-state index contributed by atoms with van der Waals surface area (Å²) >= 11 is 0. The molecule has 0 aromatic carbocycles. The highest BCUT2D eigenvalue weighted by Gasteiger charge is 2.11. The number of carbonyl (C=O) groups excluding carboxylic acids is 1. The van der Waals surface area contributed by atoms with Crippen molar-refractivity contribution in [3.8, 4) is 11.6 Å². The number of carbonyl (C=O) groups is 1. The van der Waals surface area contributed by atoms with E-state index in [1.54, 1.807) is 12.3 Å². The maximum Gasteiger partial charge on any atom is 0.227 e. The third-order valence-corrected chi connectivity index (χ3v) is 1.94. The number of aldehydes is 1. The SMILES string of the molecule is CCCOc1ccnc(OCCC)c1C=O. The molecule has 0 aliphatic rings. The second-order valence-electron chi connectivity index (χ2n) is 3.34. The maximum absolute atomic E-state index is 11.0. The lowest BCUT2D eigenvalue weighted by Crippen LogP contribution is -2.04. The molecule has 0 saturated carbocycles. The smallest absolute Gasteiger partial charge is 0.227 e. The van der Waals surface area contributed by atoms with E-state index in [0.29, 0.717) is 30.4 Å². The molecule has 1 heterocycles. The fourth-order valence-electron chi connectivity index (χ4n) is 1.20. The molecule has 0 saturated heterocycles. The Morgan fingerprint density at radius 3 is 2.56 bits per heavy atom. The molecule has 88 valence electrons. The minimum atomic E-state index is 0.352. The van der Waals surface area contributed by atoms with Crippen molar-refractivity contribution in [1.82, 2.24) is 4.98 Å². The van der Waals surface area contributed by atoms with Gasteiger partial charge in [0.15, 0.2) is 6.29 Å². The number of hydrogen-bond donors (Lipinski definition) is 0. The highest BCUT2D eigenvalue weighted by molar-refractivity contribution is 5.82. The third kappa shape index (κ3) is 3.22. The molecule has 1 rings (SSSR count). The molecule has 0 aliphatic heterocycles. The molecule has 0 unspecified atom stereocenters. The number of nitrogens with zero attached hydrogens (tertiary/aromatic N) is 1. The van der Waals surface area contributed by atoms with E-state index in [9.17, 15) is 4.79 Å². The van der Waals surface area contributed by atoms with Crippen molar-refractivity contribution in [2.45, 2.75) is 26.7 Å². The summed E-state index contributed by atoms with van der Waals surface area (Å²) < 4.78 is 10.8. The number of aromatic nitrogens is 1. The van der Waals surface area contributed by atoms with E-state index >= 15 is 0 Å². The van der Waals surface area contributed by atoms with E-state index < -0.39 is 0 Å². The van der Waals surface area contributed by atoms with Gasteiger partial charge in [-0.1, -0.05) is 13.8 Å². The lowest BCUT2D eigenvalue weighted by atomic mass is 10.2. The number of ether oxygens (including phenoxy) is 2. The van der Waals surface area contributed by atoms with Crippen LogP contribution in [0.15, 0.2) is 12.3 Å². The van der Waals surface area contributed by atoms with Crippen molar-refractivity contribution in [3.05, 3.63) is 17.8 Å². The minimum absolute atomic E-state index is 0.352. The van der Waals surface area contributed by atoms with Crippen LogP contribution in [0.3, 0.4) is 0 Å². The molecule has 0 aliphatic carbocycles. The van der Waals surface area contributed by atoms with Crippen molar-refractivity contribution >= 4 is 6.29 Å². The van der Waals surface area contributed by atoms with Gasteiger partial charge in [0.05, 0.1) is 13.2 Å². The zero-order chi connectivity index (χ0) is 11.8. The Kier molecular flexibility index (Phi) is 5.32. The summed E-state index contributed by atoms with van der Waals surface area (Å²) in [4.78, 5) is 15.0. The van der Waals surface area contributed by atoms with Crippen LogP contribution >= 0.6 is 0 Å². The largest absolute Gasteiger partial charge is 0.493 e. The first kappa shape index (κ1) is 12.5. The Morgan fingerprint density at radius 2 is 1.94 bits per heavy atom. The molecule has 0 fully saturated rings. The van der Waals surface area contributed by atoms with Gasteiger partial charge in [0.1, 0.15) is 11.3 Å². The van der Waals surface area contributed by atoms with Crippen LogP contribution in [0.2, 0.25) is 0 Å². The van der Waals surface area contributed by atoms with Gasteiger partial charge in [0.2, 0.25) is 5.88 Å². The van der Waals surface area contributed by atoms with E-state index in [1.165, 1.54) is 0 Å². The number of hydrogen-bond acceptors (Lipinski definition) is 4. The Balaban J connectivity index is 2.86. The summed E-state index contributed by atoms with van der Waals surface area (Å²) in [6.07, 6.45) is 4.08. The minimum Gasteiger partial charge on any atom is -0.493 e. The van der Waals surface area contributed by atoms with Crippen LogP contribution < -0.4 is 9.47 Å². The lowest BCUT2D eigenvalue weighted by molar-refractivity contribution is 0.111. The normalized spacial score (nSPS) is 9.88. The third-order valence-electron chi connectivity index (χ3n) is 1.94. The predicted octanol–water partition coefficient (Wildman–Crippen LogP) is 2.47. The first-order chi connectivity index (χ1) is 7.83. The van der Waals surface area contributed by atoms with Gasteiger partial charge in [0, 0.05) is 6.20 Å². The average molecular weight is 223 g/mol. The van der Waals surface area contributed by atoms with Crippen LogP contribution in [-0.2, 0) is 0 Å². The second-order valence-corrected chi connectivity index (χ2v) is 3.34. The topological polar surface area (TPSA) is 48.4 Å². The lowest BCUT2D eigenvalue weighted by Gasteiger charge is -2.10. The summed E-state index contributed by atoms with van der Waals surface area (Å²) in [6, 6.07) is 1.68. The molecule has 0 radical (unpaired) electrons. The van der Waals surface area contributed by atoms with Crippen LogP contribution in [-0.4, -0.2) is 24.5 Å². The summed E-state index contributed by atoms with van der Waals surface area (Å²) in [5.41, 5.74) is 0.393. The predicted molar refractivity (Wildman–Crippen MR) is 61.2 cm³/mol. The zero-order valence-corrected chi connectivity index (χ0v) is 9.73. The molecule has 0 spiro atoms. The number of pyridine rings is 1. The molecule has 0 N–H and O–H groups in total. The van der Waals surface area contributed by atoms with Crippen molar-refractivity contribution in [1.29, 1.82) is 0 Å². The van der Waals surface area contributed by atoms with Gasteiger partial charge in [-0.15, -0.1) is 0 Å². The Hall–Kier alpha value is -1.58. The summed E-state index contributed by atoms with van der Waals surface area (Å²) in [7, 11) is 0. The molecule has 0 amide bonds. The van der Waals surface area contributed by atoms with Crippen LogP contribution in [0.25, 0.3) is 0 Å². The first-order valence-electron chi connectivity index (χ1n) is 5.53. The van der Waals surface area contributed by atoms with Crippen molar-refractivity contribution in [2.24, 2.45) is 0 Å². The molecule has 16 heavy (non-hydrogen) atoms. The summed E-state index contributed by atoms with van der Waals surface area (Å²) in [6.45, 7) is 5.14. The molecular weight excluding hydrogens is 206 g/mol. The highest BCUT2D eigenvalue weighted by atomic mass is 16.5. The van der Waals surface area contributed by atoms with Gasteiger partial charge in [-0.3, -0.25) is 4.79 Å². The van der Waals surface area contributed by atoms with Crippen molar-refractivity contribution in [3.63, 3.8) is 0 Å². The fourth-order valence-corrected chi connectivity index (χ4v) is 1.20. The standard InChI is InChI=1S/C12H17NO3/c1-3-7-15-11-5-6-13-12(10(11)9-14)16-8-4-2/h5-6,9H,3-4,7-8H2,1-2H3. The van der Waals surface area contributed by atoms with Crippen LogP contribution in [0.1, 0.15) is 37.0 Å². The molecule has 4 nitrogen and oxygen atoms in total. The van der Waals surface area contributed by atoms with E-state index in [0.717, 1.165) is 19.1 Å². The van der Waals surface area contributed by atoms with Crippen LogP contribution in [0.4, 0.5) is 0 Å². The van der Waals surface area contributed by atoms with Gasteiger partial charge in [-0.2, -0.15) is 0 Å². The van der Waals surface area contributed by atoms with Gasteiger partial charge in [-0.25, -0.2) is 4.98 Å². The maximum atomic E-state index is 11.0. The van der Waals surface area contributed by atoms with E-state index in [2.05, 4.69) is 4.98 Å². The average Bonchev–Trinajstić information content (AvgIpc) is 2.33. The molecule has 0 bridgehead atoms. The first-order valence-corrected chi connectivity index (χ1v) is 5.53. The van der Waals surface area contributed by atoms with Gasteiger partial charge < -0.3 is 9.47 Å². The van der Waals surface area contributed by atoms with Crippen LogP contribution in [0, 0.1) is 0 Å². The Morgan fingerprint density at radius 1 is 1.25 bits per heavy atom. The van der Waals surface area contributed by atoms with E-state index in [-0.39, 0.29) is 0 Å². The monoisotopic (exact) mass is 223 g/mol. The Bertz CT molecular complexity index is 313. The van der Waals surface area contributed by atoms with Crippen molar-refractivity contribution in [2.75, 3.05) is 13.2 Å². The molecule has 1 aromatic heterocycles. The van der Waals surface area contributed by atoms with Crippen LogP contribution in [0.5, 0.6) is 11.6 Å². The molecule has 0 atom stereocenters. The number of rotatable bonds is 7. The summed E-state index contributed by atoms with van der Waals surface area (Å²) in [5, 5.41) is 0. The van der Waals surface area contributed by atoms with Gasteiger partial charge in [-0.05, 0) is 18.9 Å². The zero-order valence-electron chi connectivity index (χ0n) is 9.73. The van der Waals surface area contributed by atoms with Gasteiger partial charge in [0.25, 0.3) is 0 Å². The molecule has 1 aromatic rings. The molecule has 4 heteroatoms. The van der Waals surface area contributed by atoms with Gasteiger partial charge >= 0.3 is 0 Å². The quantitative estimate of drug-likeness (QED) is 0.666. The van der Waals surface area contributed by atoms with E-state index in [4.69, 9.17) is 9.47 Å². The van der Waals surface area contributed by atoms with Crippen molar-refractivity contribution < 1.29 is 14.3 Å². The highest BCUT2D eigenvalue weighted by Crippen LogP contribution is 2.24. The van der Waals surface area contributed by atoms with E-state index in [1.807, 2.05) is 13.8 Å².